The molecule has 1 N–H and O–H groups in total. The predicted octanol–water partition coefficient (Wildman–Crippen LogP) is 2.92. The Hall–Kier alpha value is -0.950. The lowest BCUT2D eigenvalue weighted by Crippen LogP contribution is -2.35. The molecule has 0 amide bonds. The van der Waals surface area contributed by atoms with Gasteiger partial charge in [0.25, 0.3) is 0 Å². The summed E-state index contributed by atoms with van der Waals surface area (Å²) in [6, 6.07) is 10.5. The summed E-state index contributed by atoms with van der Waals surface area (Å²) < 4.78 is 33.4. The molecular formula is C14H16BrNO3S. The lowest BCUT2D eigenvalue weighted by Gasteiger charge is -2.15. The smallest absolute Gasteiger partial charge is 0.241 e. The zero-order valence-electron chi connectivity index (χ0n) is 11.3. The van der Waals surface area contributed by atoms with Crippen molar-refractivity contribution in [2.45, 2.75) is 17.9 Å². The van der Waals surface area contributed by atoms with Crippen LogP contribution in [-0.4, -0.2) is 28.2 Å². The fraction of sp³-hybridized carbons (Fsp3) is 0.286. The largest absolute Gasteiger partial charge is 0.383 e. The maximum atomic E-state index is 12.5. The lowest BCUT2D eigenvalue weighted by atomic mass is 10.1. The molecule has 0 aliphatic carbocycles. The highest BCUT2D eigenvalue weighted by Gasteiger charge is 2.20. The molecule has 2 aromatic carbocycles. The third-order valence-corrected chi connectivity index (χ3v) is 5.23. The van der Waals surface area contributed by atoms with Crippen LogP contribution in [0.5, 0.6) is 0 Å². The van der Waals surface area contributed by atoms with Gasteiger partial charge in [0.15, 0.2) is 0 Å². The summed E-state index contributed by atoms with van der Waals surface area (Å²) in [7, 11) is -2.03. The van der Waals surface area contributed by atoms with Crippen LogP contribution < -0.4 is 4.72 Å². The Labute approximate surface area is 127 Å². The number of fused-ring (bicyclic) bond motifs is 1. The Morgan fingerprint density at radius 2 is 1.85 bits per heavy atom. The van der Waals surface area contributed by atoms with Gasteiger partial charge in [0.2, 0.25) is 10.0 Å². The average Bonchev–Trinajstić information content (AvgIpc) is 2.38. The van der Waals surface area contributed by atoms with Crippen molar-refractivity contribution >= 4 is 36.7 Å². The van der Waals surface area contributed by atoms with E-state index < -0.39 is 10.0 Å². The summed E-state index contributed by atoms with van der Waals surface area (Å²) in [6.07, 6.45) is 0. The number of ether oxygens (including phenoxy) is 1. The van der Waals surface area contributed by atoms with E-state index in [4.69, 9.17) is 4.74 Å². The van der Waals surface area contributed by atoms with Crippen LogP contribution in [0.3, 0.4) is 0 Å². The number of sulfonamides is 1. The van der Waals surface area contributed by atoms with E-state index in [2.05, 4.69) is 20.7 Å². The molecule has 6 heteroatoms. The van der Waals surface area contributed by atoms with Crippen LogP contribution in [0.25, 0.3) is 10.8 Å². The highest BCUT2D eigenvalue weighted by Crippen LogP contribution is 2.29. The van der Waals surface area contributed by atoms with E-state index in [1.165, 1.54) is 0 Å². The number of nitrogens with one attached hydrogen (secondary N) is 1. The molecule has 0 heterocycles. The van der Waals surface area contributed by atoms with Gasteiger partial charge in [-0.15, -0.1) is 0 Å². The summed E-state index contributed by atoms with van der Waals surface area (Å²) >= 11 is 3.44. The first-order chi connectivity index (χ1) is 9.45. The first-order valence-corrected chi connectivity index (χ1v) is 8.42. The molecule has 0 saturated carbocycles. The molecule has 20 heavy (non-hydrogen) atoms. The normalized spacial score (nSPS) is 13.6. The number of halogens is 1. The number of methoxy groups -OCH3 is 1. The first-order valence-electron chi connectivity index (χ1n) is 6.14. The molecule has 0 spiro atoms. The molecular weight excluding hydrogens is 342 g/mol. The van der Waals surface area contributed by atoms with Gasteiger partial charge in [-0.3, -0.25) is 0 Å². The number of hydrogen-bond donors (Lipinski definition) is 1. The molecule has 1 unspecified atom stereocenters. The first kappa shape index (κ1) is 15.4. The van der Waals surface area contributed by atoms with Gasteiger partial charge in [-0.2, -0.15) is 0 Å². The van der Waals surface area contributed by atoms with Crippen LogP contribution in [-0.2, 0) is 14.8 Å². The molecule has 2 rings (SSSR count). The van der Waals surface area contributed by atoms with Gasteiger partial charge < -0.3 is 4.74 Å². The minimum absolute atomic E-state index is 0.277. The maximum Gasteiger partial charge on any atom is 0.241 e. The van der Waals surface area contributed by atoms with Gasteiger partial charge in [-0.05, 0) is 24.4 Å². The minimum Gasteiger partial charge on any atom is -0.383 e. The molecule has 1 atom stereocenters. The van der Waals surface area contributed by atoms with Crippen molar-refractivity contribution in [2.75, 3.05) is 13.7 Å². The maximum absolute atomic E-state index is 12.5. The van der Waals surface area contributed by atoms with Crippen molar-refractivity contribution in [3.63, 3.8) is 0 Å². The molecule has 0 bridgehead atoms. The van der Waals surface area contributed by atoms with Gasteiger partial charge in [0, 0.05) is 23.0 Å². The molecule has 0 aromatic heterocycles. The fourth-order valence-electron chi connectivity index (χ4n) is 2.08. The van der Waals surface area contributed by atoms with Crippen molar-refractivity contribution in [2.24, 2.45) is 0 Å². The van der Waals surface area contributed by atoms with E-state index in [-0.39, 0.29) is 10.9 Å². The minimum atomic E-state index is -3.58. The van der Waals surface area contributed by atoms with Crippen molar-refractivity contribution in [1.29, 1.82) is 0 Å². The Bertz CT molecular complexity index is 715. The standard InChI is InChI=1S/C14H16BrNO3S/c1-10(9-19-2)16-20(17,18)14-8-7-13(15)11-5-3-4-6-12(11)14/h3-8,10,16H,9H2,1-2H3. The summed E-state index contributed by atoms with van der Waals surface area (Å²) in [5, 5.41) is 1.56. The van der Waals surface area contributed by atoms with Crippen LogP contribution in [0.15, 0.2) is 45.8 Å². The molecule has 0 radical (unpaired) electrons. The van der Waals surface area contributed by atoms with Crippen LogP contribution in [0.1, 0.15) is 6.92 Å². The number of benzene rings is 2. The highest BCUT2D eigenvalue weighted by molar-refractivity contribution is 9.10. The summed E-state index contributed by atoms with van der Waals surface area (Å²) in [6.45, 7) is 2.09. The van der Waals surface area contributed by atoms with Gasteiger partial charge in [0.1, 0.15) is 0 Å². The zero-order valence-corrected chi connectivity index (χ0v) is 13.7. The van der Waals surface area contributed by atoms with Gasteiger partial charge in [-0.25, -0.2) is 13.1 Å². The third-order valence-electron chi connectivity index (χ3n) is 2.89. The molecule has 2 aromatic rings. The van der Waals surface area contributed by atoms with E-state index in [9.17, 15) is 8.42 Å². The molecule has 0 fully saturated rings. The third kappa shape index (κ3) is 3.20. The summed E-state index contributed by atoms with van der Waals surface area (Å²) in [5.74, 6) is 0. The van der Waals surface area contributed by atoms with E-state index in [1.54, 1.807) is 32.2 Å². The van der Waals surface area contributed by atoms with E-state index in [1.807, 2.05) is 18.2 Å². The van der Waals surface area contributed by atoms with Crippen molar-refractivity contribution in [1.82, 2.24) is 4.72 Å². The van der Waals surface area contributed by atoms with Crippen LogP contribution in [0, 0.1) is 0 Å². The molecule has 0 saturated heterocycles. The van der Waals surface area contributed by atoms with Crippen molar-refractivity contribution in [3.05, 3.63) is 40.9 Å². The Kier molecular flexibility index (Phi) is 4.80. The van der Waals surface area contributed by atoms with Gasteiger partial charge >= 0.3 is 0 Å². The topological polar surface area (TPSA) is 55.4 Å². The van der Waals surface area contributed by atoms with E-state index in [0.29, 0.717) is 12.0 Å². The number of hydrogen-bond acceptors (Lipinski definition) is 3. The second kappa shape index (κ2) is 6.22. The summed E-state index contributed by atoms with van der Waals surface area (Å²) in [4.78, 5) is 0.277. The highest BCUT2D eigenvalue weighted by atomic mass is 79.9. The molecule has 0 aliphatic heterocycles. The van der Waals surface area contributed by atoms with E-state index >= 15 is 0 Å². The van der Waals surface area contributed by atoms with E-state index in [0.717, 1.165) is 9.86 Å². The fourth-order valence-corrected chi connectivity index (χ4v) is 4.00. The predicted molar refractivity (Wildman–Crippen MR) is 83.3 cm³/mol. The Balaban J connectivity index is 2.50. The molecule has 4 nitrogen and oxygen atoms in total. The average molecular weight is 358 g/mol. The van der Waals surface area contributed by atoms with Gasteiger partial charge in [-0.1, -0.05) is 40.2 Å². The van der Waals surface area contributed by atoms with Crippen molar-refractivity contribution < 1.29 is 13.2 Å². The monoisotopic (exact) mass is 357 g/mol. The second-order valence-electron chi connectivity index (χ2n) is 4.57. The second-order valence-corrected chi connectivity index (χ2v) is 7.11. The Morgan fingerprint density at radius 1 is 1.20 bits per heavy atom. The van der Waals surface area contributed by atoms with Crippen molar-refractivity contribution in [3.8, 4) is 0 Å². The Morgan fingerprint density at radius 3 is 2.50 bits per heavy atom. The van der Waals surface area contributed by atoms with Crippen LogP contribution >= 0.6 is 15.9 Å². The SMILES string of the molecule is COCC(C)NS(=O)(=O)c1ccc(Br)c2ccccc12. The molecule has 108 valence electrons. The van der Waals surface area contributed by atoms with Crippen LogP contribution in [0.2, 0.25) is 0 Å². The lowest BCUT2D eigenvalue weighted by molar-refractivity contribution is 0.180. The number of rotatable bonds is 5. The zero-order chi connectivity index (χ0) is 14.8. The summed E-state index contributed by atoms with van der Waals surface area (Å²) in [5.41, 5.74) is 0. The van der Waals surface area contributed by atoms with Crippen LogP contribution in [0.4, 0.5) is 0 Å². The van der Waals surface area contributed by atoms with Gasteiger partial charge in [0.05, 0.1) is 11.5 Å². The quantitative estimate of drug-likeness (QED) is 0.894. The molecule has 0 aliphatic rings.